The summed E-state index contributed by atoms with van der Waals surface area (Å²) in [6.45, 7) is 2.44. The van der Waals surface area contributed by atoms with Crippen molar-refractivity contribution in [1.29, 1.82) is 0 Å². The molecule has 24 heavy (non-hydrogen) atoms. The van der Waals surface area contributed by atoms with E-state index in [2.05, 4.69) is 5.32 Å². The number of halogens is 2. The highest BCUT2D eigenvalue weighted by atomic mass is 35.5. The Morgan fingerprint density at radius 2 is 1.96 bits per heavy atom. The van der Waals surface area contributed by atoms with Crippen molar-refractivity contribution in [2.45, 2.75) is 22.8 Å². The second-order valence-corrected chi connectivity index (χ2v) is 8.04. The van der Waals surface area contributed by atoms with E-state index in [4.69, 9.17) is 11.6 Å². The molecule has 1 atom stereocenters. The lowest BCUT2D eigenvalue weighted by Gasteiger charge is -2.12. The van der Waals surface area contributed by atoms with E-state index in [0.717, 1.165) is 4.90 Å². The molecule has 0 aromatic heterocycles. The predicted octanol–water partition coefficient (Wildman–Crippen LogP) is 5.01. The average Bonchev–Trinajstić information content (AvgIpc) is 2.57. The fraction of sp³-hybridized carbons (Fsp3) is 0.278. The monoisotopic (exact) mass is 383 g/mol. The van der Waals surface area contributed by atoms with Gasteiger partial charge in [0.25, 0.3) is 0 Å². The van der Waals surface area contributed by atoms with Crippen molar-refractivity contribution < 1.29 is 9.18 Å². The standard InChI is InChI=1S/C18H19ClFNOS2/c1-13(24-14-6-3-2-4-7-14)18(22)21-10-11-23-12-15-16(19)8-5-9-17(15)20/h2-9,13H,10-12H2,1H3,(H,21,22)/t13-/m0/s1. The van der Waals surface area contributed by atoms with Crippen LogP contribution in [0.1, 0.15) is 12.5 Å². The highest BCUT2D eigenvalue weighted by Crippen LogP contribution is 2.24. The maximum absolute atomic E-state index is 13.6. The SMILES string of the molecule is C[C@H](Sc1ccccc1)C(=O)NCCSCc1c(F)cccc1Cl. The van der Waals surface area contributed by atoms with Crippen molar-refractivity contribution in [3.05, 3.63) is 64.9 Å². The Balaban J connectivity index is 1.67. The molecule has 6 heteroatoms. The highest BCUT2D eigenvalue weighted by molar-refractivity contribution is 8.00. The van der Waals surface area contributed by atoms with Crippen LogP contribution in [-0.4, -0.2) is 23.5 Å². The van der Waals surface area contributed by atoms with Crippen molar-refractivity contribution in [3.8, 4) is 0 Å². The molecule has 0 radical (unpaired) electrons. The lowest BCUT2D eigenvalue weighted by Crippen LogP contribution is -2.32. The Hall–Kier alpha value is -1.17. The first-order valence-corrected chi connectivity index (χ1v) is 9.99. The molecule has 1 amide bonds. The Labute approximate surface area is 155 Å². The fourth-order valence-corrected chi connectivity index (χ4v) is 4.10. The maximum Gasteiger partial charge on any atom is 0.233 e. The summed E-state index contributed by atoms with van der Waals surface area (Å²) >= 11 is 9.06. The van der Waals surface area contributed by atoms with Gasteiger partial charge in [-0.2, -0.15) is 11.8 Å². The van der Waals surface area contributed by atoms with Crippen molar-refractivity contribution in [1.82, 2.24) is 5.32 Å². The zero-order valence-corrected chi connectivity index (χ0v) is 15.7. The first-order chi connectivity index (χ1) is 11.6. The van der Waals surface area contributed by atoms with Gasteiger partial charge in [-0.3, -0.25) is 4.79 Å². The molecule has 128 valence electrons. The van der Waals surface area contributed by atoms with Gasteiger partial charge in [-0.25, -0.2) is 4.39 Å². The molecule has 0 heterocycles. The zero-order chi connectivity index (χ0) is 17.4. The minimum atomic E-state index is -0.285. The van der Waals surface area contributed by atoms with Gasteiger partial charge < -0.3 is 5.32 Å². The van der Waals surface area contributed by atoms with Crippen LogP contribution in [-0.2, 0) is 10.5 Å². The lowest BCUT2D eigenvalue weighted by atomic mass is 10.2. The molecular formula is C18H19ClFNOS2. The van der Waals surface area contributed by atoms with Gasteiger partial charge in [0.1, 0.15) is 5.82 Å². The maximum atomic E-state index is 13.6. The highest BCUT2D eigenvalue weighted by Gasteiger charge is 2.13. The van der Waals surface area contributed by atoms with Gasteiger partial charge in [-0.05, 0) is 31.2 Å². The Morgan fingerprint density at radius 1 is 1.21 bits per heavy atom. The first kappa shape index (κ1) is 19.2. The van der Waals surface area contributed by atoms with E-state index < -0.39 is 0 Å². The van der Waals surface area contributed by atoms with Gasteiger partial charge in [0.05, 0.1) is 5.25 Å². The summed E-state index contributed by atoms with van der Waals surface area (Å²) in [6.07, 6.45) is 0. The third-order valence-electron chi connectivity index (χ3n) is 3.28. The van der Waals surface area contributed by atoms with Gasteiger partial charge in [0, 0.05) is 33.5 Å². The molecule has 2 aromatic carbocycles. The van der Waals surface area contributed by atoms with Gasteiger partial charge in [-0.1, -0.05) is 35.9 Å². The number of carbonyl (C=O) groups is 1. The largest absolute Gasteiger partial charge is 0.354 e. The molecular weight excluding hydrogens is 365 g/mol. The number of thioether (sulfide) groups is 2. The van der Waals surface area contributed by atoms with Crippen molar-refractivity contribution in [2.75, 3.05) is 12.3 Å². The predicted molar refractivity (Wildman–Crippen MR) is 102 cm³/mol. The summed E-state index contributed by atoms with van der Waals surface area (Å²) in [6, 6.07) is 14.5. The normalized spacial score (nSPS) is 12.0. The number of carbonyl (C=O) groups excluding carboxylic acids is 1. The van der Waals surface area contributed by atoms with E-state index in [1.807, 2.05) is 37.3 Å². The molecule has 2 rings (SSSR count). The van der Waals surface area contributed by atoms with Gasteiger partial charge in [0.2, 0.25) is 5.91 Å². The van der Waals surface area contributed by atoms with Crippen molar-refractivity contribution >= 4 is 41.0 Å². The van der Waals surface area contributed by atoms with Crippen molar-refractivity contribution in [3.63, 3.8) is 0 Å². The topological polar surface area (TPSA) is 29.1 Å². The van der Waals surface area contributed by atoms with E-state index >= 15 is 0 Å². The molecule has 2 aromatic rings. The summed E-state index contributed by atoms with van der Waals surface area (Å²) in [5, 5.41) is 3.20. The Bertz CT molecular complexity index is 649. The summed E-state index contributed by atoms with van der Waals surface area (Å²) in [5.74, 6) is 0.926. The molecule has 0 spiro atoms. The first-order valence-electron chi connectivity index (χ1n) is 7.58. The lowest BCUT2D eigenvalue weighted by molar-refractivity contribution is -0.120. The third kappa shape index (κ3) is 6.04. The van der Waals surface area contributed by atoms with Crippen LogP contribution in [0.15, 0.2) is 53.4 Å². The van der Waals surface area contributed by atoms with Crippen LogP contribution >= 0.6 is 35.1 Å². The average molecular weight is 384 g/mol. The van der Waals surface area contributed by atoms with Gasteiger partial charge >= 0.3 is 0 Å². The van der Waals surface area contributed by atoms with Crippen LogP contribution in [0.5, 0.6) is 0 Å². The quantitative estimate of drug-likeness (QED) is 0.513. The van der Waals surface area contributed by atoms with E-state index in [0.29, 0.717) is 28.6 Å². The Morgan fingerprint density at radius 3 is 2.67 bits per heavy atom. The molecule has 0 bridgehead atoms. The summed E-state index contributed by atoms with van der Waals surface area (Å²) in [7, 11) is 0. The summed E-state index contributed by atoms with van der Waals surface area (Å²) < 4.78 is 13.6. The number of hydrogen-bond acceptors (Lipinski definition) is 3. The van der Waals surface area contributed by atoms with Crippen LogP contribution in [0, 0.1) is 5.82 Å². The minimum Gasteiger partial charge on any atom is -0.354 e. The number of benzene rings is 2. The smallest absolute Gasteiger partial charge is 0.233 e. The van der Waals surface area contributed by atoms with Crippen molar-refractivity contribution in [2.24, 2.45) is 0 Å². The van der Waals surface area contributed by atoms with E-state index in [1.54, 1.807) is 23.9 Å². The van der Waals surface area contributed by atoms with Gasteiger partial charge in [-0.15, -0.1) is 11.8 Å². The number of nitrogens with one attached hydrogen (secondary N) is 1. The van der Waals surface area contributed by atoms with Crippen LogP contribution in [0.2, 0.25) is 5.02 Å². The zero-order valence-electron chi connectivity index (χ0n) is 13.3. The number of hydrogen-bond donors (Lipinski definition) is 1. The van der Waals surface area contributed by atoms with E-state index in [9.17, 15) is 9.18 Å². The Kier molecular flexibility index (Phi) is 7.95. The molecule has 0 aliphatic rings. The fourth-order valence-electron chi connectivity index (χ4n) is 1.99. The summed E-state index contributed by atoms with van der Waals surface area (Å²) in [5.41, 5.74) is 0.517. The molecule has 0 aliphatic carbocycles. The molecule has 0 aliphatic heterocycles. The second kappa shape index (κ2) is 9.97. The van der Waals surface area contributed by atoms with Crippen LogP contribution in [0.3, 0.4) is 0 Å². The van der Waals surface area contributed by atoms with Crippen LogP contribution < -0.4 is 5.32 Å². The van der Waals surface area contributed by atoms with Crippen LogP contribution in [0.25, 0.3) is 0 Å². The number of amides is 1. The van der Waals surface area contributed by atoms with E-state index in [1.165, 1.54) is 17.8 Å². The summed E-state index contributed by atoms with van der Waals surface area (Å²) in [4.78, 5) is 13.1. The minimum absolute atomic E-state index is 0.00776. The second-order valence-electron chi connectivity index (χ2n) is 5.12. The number of rotatable bonds is 8. The third-order valence-corrected chi connectivity index (χ3v) is 5.73. The van der Waals surface area contributed by atoms with E-state index in [-0.39, 0.29) is 17.0 Å². The molecule has 0 unspecified atom stereocenters. The van der Waals surface area contributed by atoms with Gasteiger partial charge in [0.15, 0.2) is 0 Å². The van der Waals surface area contributed by atoms with Crippen LogP contribution in [0.4, 0.5) is 4.39 Å². The molecule has 0 fully saturated rings. The molecule has 2 nitrogen and oxygen atoms in total. The molecule has 0 saturated heterocycles. The molecule has 1 N–H and O–H groups in total. The molecule has 0 saturated carbocycles.